The van der Waals surface area contributed by atoms with Crippen molar-refractivity contribution >= 4 is 11.9 Å². The van der Waals surface area contributed by atoms with Crippen LogP contribution in [0, 0.1) is 18.8 Å². The molecule has 1 saturated heterocycles. The molecule has 0 aliphatic carbocycles. The van der Waals surface area contributed by atoms with Crippen LogP contribution in [0.15, 0.2) is 22.7 Å². The lowest BCUT2D eigenvalue weighted by Gasteiger charge is -2.30. The first-order valence-corrected chi connectivity index (χ1v) is 12.2. The van der Waals surface area contributed by atoms with Gasteiger partial charge in [0.2, 0.25) is 0 Å². The molecule has 0 spiro atoms. The van der Waals surface area contributed by atoms with Crippen LogP contribution < -0.4 is 15.0 Å². The molecule has 0 atom stereocenters. The highest BCUT2D eigenvalue weighted by atomic mass is 16.5. The van der Waals surface area contributed by atoms with Crippen LogP contribution in [0.25, 0.3) is 0 Å². The fourth-order valence-corrected chi connectivity index (χ4v) is 4.19. The number of anilines is 1. The number of aromatic nitrogens is 2. The number of ether oxygens (including phenoxy) is 1. The molecule has 0 bridgehead atoms. The van der Waals surface area contributed by atoms with E-state index in [1.807, 2.05) is 13.0 Å². The smallest absolute Gasteiger partial charge is 0.324 e. The van der Waals surface area contributed by atoms with Gasteiger partial charge < -0.3 is 29.7 Å². The standard InChI is InChI=1S/C25H38N4O5/c1-17(2)13-23-27-25(34-28-23)29-10-8-19(9-11-29)5-4-12-33-21-6-7-22(18(3)14-21)24(32)26-20(15-30)16-31/h6-7,14,17,19-20,30-31H,4-5,8-13,15-16H2,1-3H3,(H,26,32). The number of carbonyl (C=O) groups is 1. The first-order valence-electron chi connectivity index (χ1n) is 12.2. The average Bonchev–Trinajstić information content (AvgIpc) is 3.28. The van der Waals surface area contributed by atoms with Crippen molar-refractivity contribution in [2.75, 3.05) is 37.8 Å². The van der Waals surface area contributed by atoms with Gasteiger partial charge in [-0.2, -0.15) is 4.98 Å². The number of benzene rings is 1. The summed E-state index contributed by atoms with van der Waals surface area (Å²) < 4.78 is 11.4. The van der Waals surface area contributed by atoms with Crippen molar-refractivity contribution in [2.45, 2.75) is 58.9 Å². The van der Waals surface area contributed by atoms with Crippen LogP contribution in [0.5, 0.6) is 5.75 Å². The molecule has 1 aromatic heterocycles. The van der Waals surface area contributed by atoms with E-state index in [4.69, 9.17) is 19.5 Å². The maximum Gasteiger partial charge on any atom is 0.324 e. The van der Waals surface area contributed by atoms with Gasteiger partial charge in [-0.1, -0.05) is 19.0 Å². The number of aliphatic hydroxyl groups is 2. The number of nitrogens with one attached hydrogen (secondary N) is 1. The van der Waals surface area contributed by atoms with Crippen LogP contribution in [-0.4, -0.2) is 65.2 Å². The van der Waals surface area contributed by atoms with E-state index in [0.29, 0.717) is 30.0 Å². The molecule has 34 heavy (non-hydrogen) atoms. The predicted octanol–water partition coefficient (Wildman–Crippen LogP) is 2.74. The lowest BCUT2D eigenvalue weighted by molar-refractivity contribution is 0.0878. The first kappa shape index (κ1) is 26.0. The zero-order chi connectivity index (χ0) is 24.5. The molecule has 1 aliphatic heterocycles. The van der Waals surface area contributed by atoms with Crippen molar-refractivity contribution in [3.05, 3.63) is 35.2 Å². The number of piperidine rings is 1. The quantitative estimate of drug-likeness (QED) is 0.402. The van der Waals surface area contributed by atoms with Gasteiger partial charge in [-0.15, -0.1) is 0 Å². The van der Waals surface area contributed by atoms with Gasteiger partial charge in [-0.25, -0.2) is 0 Å². The lowest BCUT2D eigenvalue weighted by Crippen LogP contribution is -2.40. The number of hydrogen-bond donors (Lipinski definition) is 3. The highest BCUT2D eigenvalue weighted by molar-refractivity contribution is 5.96. The lowest BCUT2D eigenvalue weighted by atomic mass is 9.92. The topological polar surface area (TPSA) is 121 Å². The van der Waals surface area contributed by atoms with E-state index in [9.17, 15) is 4.79 Å². The SMILES string of the molecule is Cc1cc(OCCCC2CCN(c3nc(CC(C)C)no3)CC2)ccc1C(=O)NC(CO)CO. The molecule has 1 aromatic carbocycles. The summed E-state index contributed by atoms with van der Waals surface area (Å²) in [6.07, 6.45) is 5.13. The molecule has 1 amide bonds. The van der Waals surface area contributed by atoms with E-state index in [1.54, 1.807) is 12.1 Å². The number of aliphatic hydroxyl groups excluding tert-OH is 2. The van der Waals surface area contributed by atoms with Gasteiger partial charge in [0.15, 0.2) is 5.82 Å². The van der Waals surface area contributed by atoms with E-state index in [1.165, 1.54) is 0 Å². The second-order valence-corrected chi connectivity index (χ2v) is 9.52. The third kappa shape index (κ3) is 7.43. The zero-order valence-corrected chi connectivity index (χ0v) is 20.5. The summed E-state index contributed by atoms with van der Waals surface area (Å²) >= 11 is 0. The number of amides is 1. The largest absolute Gasteiger partial charge is 0.494 e. The van der Waals surface area contributed by atoms with Crippen LogP contribution in [0.2, 0.25) is 0 Å². The summed E-state index contributed by atoms with van der Waals surface area (Å²) in [5.41, 5.74) is 1.29. The number of carbonyl (C=O) groups excluding carboxylic acids is 1. The molecule has 2 heterocycles. The normalized spacial score (nSPS) is 14.7. The summed E-state index contributed by atoms with van der Waals surface area (Å²) in [7, 11) is 0. The van der Waals surface area contributed by atoms with Crippen molar-refractivity contribution in [1.29, 1.82) is 0 Å². The monoisotopic (exact) mass is 474 g/mol. The second kappa shape index (κ2) is 12.7. The Morgan fingerprint density at radius 3 is 2.65 bits per heavy atom. The molecular formula is C25H38N4O5. The zero-order valence-electron chi connectivity index (χ0n) is 20.5. The molecule has 2 aromatic rings. The predicted molar refractivity (Wildman–Crippen MR) is 129 cm³/mol. The Balaban J connectivity index is 1.37. The minimum atomic E-state index is -0.663. The van der Waals surface area contributed by atoms with Crippen molar-refractivity contribution in [2.24, 2.45) is 11.8 Å². The van der Waals surface area contributed by atoms with Crippen LogP contribution in [0.4, 0.5) is 6.01 Å². The van der Waals surface area contributed by atoms with Crippen LogP contribution in [0.1, 0.15) is 61.3 Å². The third-order valence-corrected chi connectivity index (χ3v) is 6.18. The van der Waals surface area contributed by atoms with Crippen LogP contribution >= 0.6 is 0 Å². The first-order chi connectivity index (χ1) is 16.4. The van der Waals surface area contributed by atoms with Crippen molar-refractivity contribution in [3.8, 4) is 5.75 Å². The Labute approximate surface area is 201 Å². The summed E-state index contributed by atoms with van der Waals surface area (Å²) in [5, 5.41) is 25.0. The Morgan fingerprint density at radius 2 is 2.00 bits per heavy atom. The fourth-order valence-electron chi connectivity index (χ4n) is 4.19. The van der Waals surface area contributed by atoms with E-state index in [0.717, 1.165) is 62.3 Å². The fraction of sp³-hybridized carbons (Fsp3) is 0.640. The van der Waals surface area contributed by atoms with E-state index in [-0.39, 0.29) is 19.1 Å². The van der Waals surface area contributed by atoms with Gasteiger partial charge in [0, 0.05) is 25.1 Å². The Morgan fingerprint density at radius 1 is 1.26 bits per heavy atom. The molecule has 3 N–H and O–H groups in total. The average molecular weight is 475 g/mol. The molecule has 0 unspecified atom stereocenters. The maximum atomic E-state index is 12.3. The van der Waals surface area contributed by atoms with Gasteiger partial charge >= 0.3 is 6.01 Å². The number of nitrogens with zero attached hydrogens (tertiary/aromatic N) is 3. The highest BCUT2D eigenvalue weighted by Crippen LogP contribution is 2.26. The van der Waals surface area contributed by atoms with Gasteiger partial charge in [-0.3, -0.25) is 4.79 Å². The molecule has 1 fully saturated rings. The van der Waals surface area contributed by atoms with Gasteiger partial charge in [0.05, 0.1) is 25.9 Å². The molecular weight excluding hydrogens is 436 g/mol. The van der Waals surface area contributed by atoms with Crippen LogP contribution in [-0.2, 0) is 6.42 Å². The van der Waals surface area contributed by atoms with Gasteiger partial charge in [-0.05, 0) is 68.2 Å². The minimum absolute atomic E-state index is 0.308. The van der Waals surface area contributed by atoms with E-state index < -0.39 is 6.04 Å². The van der Waals surface area contributed by atoms with Crippen molar-refractivity contribution < 1.29 is 24.3 Å². The summed E-state index contributed by atoms with van der Waals surface area (Å²) in [5.74, 6) is 2.37. The van der Waals surface area contributed by atoms with Crippen molar-refractivity contribution in [3.63, 3.8) is 0 Å². The van der Waals surface area contributed by atoms with Gasteiger partial charge in [0.25, 0.3) is 5.91 Å². The maximum absolute atomic E-state index is 12.3. The van der Waals surface area contributed by atoms with Crippen LogP contribution in [0.3, 0.4) is 0 Å². The summed E-state index contributed by atoms with van der Waals surface area (Å²) in [4.78, 5) is 19.0. The molecule has 9 nitrogen and oxygen atoms in total. The number of rotatable bonds is 12. The molecule has 9 heteroatoms. The summed E-state index contributed by atoms with van der Waals surface area (Å²) in [6.45, 7) is 8.02. The molecule has 0 radical (unpaired) electrons. The Bertz CT molecular complexity index is 904. The van der Waals surface area contributed by atoms with E-state index >= 15 is 0 Å². The third-order valence-electron chi connectivity index (χ3n) is 6.18. The molecule has 3 rings (SSSR count). The Hall–Kier alpha value is -2.65. The molecule has 188 valence electrons. The Kier molecular flexibility index (Phi) is 9.71. The van der Waals surface area contributed by atoms with Gasteiger partial charge in [0.1, 0.15) is 5.75 Å². The highest BCUT2D eigenvalue weighted by Gasteiger charge is 2.23. The summed E-state index contributed by atoms with van der Waals surface area (Å²) in [6, 6.07) is 5.33. The van der Waals surface area contributed by atoms with Crippen molar-refractivity contribution in [1.82, 2.24) is 15.5 Å². The molecule has 0 saturated carbocycles. The number of aryl methyl sites for hydroxylation is 1. The molecule has 1 aliphatic rings. The number of hydrogen-bond acceptors (Lipinski definition) is 8. The minimum Gasteiger partial charge on any atom is -0.494 e. The second-order valence-electron chi connectivity index (χ2n) is 9.52. The van der Waals surface area contributed by atoms with E-state index in [2.05, 4.69) is 34.2 Å².